The molecule has 0 rings (SSSR count). The van der Waals surface area contributed by atoms with Crippen LogP contribution in [0.25, 0.3) is 0 Å². The highest BCUT2D eigenvalue weighted by Gasteiger charge is 2.69. The first-order valence-corrected chi connectivity index (χ1v) is 46.8. The minimum atomic E-state index is -3.94. The second kappa shape index (κ2) is 67.6. The third kappa shape index (κ3) is 46.6. The molecule has 0 bridgehead atoms. The normalized spacial score (nSPS) is 13.1. The fourth-order valence-corrected chi connectivity index (χ4v) is 22.0. The molecule has 0 aliphatic rings. The van der Waals surface area contributed by atoms with E-state index in [1.54, 1.807) is 0 Å². The average Bonchev–Trinajstić information content (AvgIpc) is 0.723. The molecule has 0 aliphatic heterocycles. The second-order valence-corrected chi connectivity index (χ2v) is 35.2. The Balaban J connectivity index is 10.6. The molecule has 0 radical (unpaired) electrons. The standard InChI is InChI=1S/C90H184O3Si/c1-14-26-38-50-62-74-86(13)90(84-72-60-48-36-24-11,85-73-61-49-37-25-12)94(91-87(75-63-51-39-27-15-2,76-64-52-40-28-16-3)77-65-53-41-29-17-4,92-88(78-66-54-42-30-18-5,79-67-55-43-31-19-6)80-68-56-44-32-20-7)93-89(81-69-57-45-33-21-8,82-70-58-46-34-22-9)83-71-59-47-35-23-10/h86H,14-85H2,1-13H3. The molecule has 3 nitrogen and oxygen atoms in total. The molecular weight excluding hydrogens is 1160 g/mol. The molecule has 0 heterocycles. The van der Waals surface area contributed by atoms with Crippen LogP contribution in [0.5, 0.6) is 0 Å². The minimum absolute atomic E-state index is 0.163. The van der Waals surface area contributed by atoms with Crippen molar-refractivity contribution in [2.45, 2.75) is 574 Å². The van der Waals surface area contributed by atoms with E-state index in [9.17, 15) is 13.3 Å². The highest BCUT2D eigenvalue weighted by Crippen LogP contribution is 2.62. The highest BCUT2D eigenvalue weighted by molar-refractivity contribution is 6.65. The van der Waals surface area contributed by atoms with Crippen LogP contribution in [0.2, 0.25) is 5.04 Å². The van der Waals surface area contributed by atoms with Gasteiger partial charge in [-0.2, -0.15) is 0 Å². The van der Waals surface area contributed by atoms with Crippen LogP contribution < -0.4 is 0 Å². The van der Waals surface area contributed by atoms with Crippen molar-refractivity contribution >= 4 is 8.80 Å². The predicted octanol–water partition coefficient (Wildman–Crippen LogP) is 33.9. The van der Waals surface area contributed by atoms with Gasteiger partial charge in [-0.15, -0.1) is 0 Å². The molecule has 0 saturated heterocycles. The van der Waals surface area contributed by atoms with Gasteiger partial charge in [0.2, 0.25) is 0 Å². The lowest BCUT2D eigenvalue weighted by molar-refractivity contribution is -0.150. The van der Waals surface area contributed by atoms with Gasteiger partial charge >= 0.3 is 8.80 Å². The summed E-state index contributed by atoms with van der Waals surface area (Å²) in [6.07, 6.45) is 94.5. The Morgan fingerprint density at radius 2 is 0.319 bits per heavy atom. The molecule has 0 N–H and O–H groups in total. The van der Waals surface area contributed by atoms with E-state index in [2.05, 4.69) is 90.0 Å². The van der Waals surface area contributed by atoms with Gasteiger partial charge in [0.25, 0.3) is 0 Å². The lowest BCUT2D eigenvalue weighted by Gasteiger charge is -2.59. The number of unbranched alkanes of at least 4 members (excludes halogenated alkanes) is 48. The lowest BCUT2D eigenvalue weighted by atomic mass is 9.80. The summed E-state index contributed by atoms with van der Waals surface area (Å²) in [6.45, 7) is 32.0. The molecule has 94 heavy (non-hydrogen) atoms. The highest BCUT2D eigenvalue weighted by atomic mass is 28.4. The van der Waals surface area contributed by atoms with Gasteiger partial charge < -0.3 is 13.3 Å². The van der Waals surface area contributed by atoms with Gasteiger partial charge in [0.05, 0.1) is 16.8 Å². The summed E-state index contributed by atoms with van der Waals surface area (Å²) >= 11 is 0. The topological polar surface area (TPSA) is 27.7 Å². The van der Waals surface area contributed by atoms with Crippen molar-refractivity contribution in [1.82, 2.24) is 0 Å². The van der Waals surface area contributed by atoms with E-state index in [0.29, 0.717) is 5.92 Å². The Hall–Kier alpha value is 0.0969. The zero-order valence-corrected chi connectivity index (χ0v) is 69.2. The van der Waals surface area contributed by atoms with Crippen molar-refractivity contribution in [2.24, 2.45) is 5.92 Å². The van der Waals surface area contributed by atoms with Crippen LogP contribution in [0.3, 0.4) is 0 Å². The van der Waals surface area contributed by atoms with E-state index < -0.39 is 8.80 Å². The quantitative estimate of drug-likeness (QED) is 0.0449. The number of hydrogen-bond acceptors (Lipinski definition) is 3. The van der Waals surface area contributed by atoms with Crippen molar-refractivity contribution < 1.29 is 13.3 Å². The average molecular weight is 1340 g/mol. The molecule has 0 aromatic carbocycles. The maximum absolute atomic E-state index is 9.81. The molecule has 4 heteroatoms. The van der Waals surface area contributed by atoms with Crippen molar-refractivity contribution in [2.75, 3.05) is 0 Å². The van der Waals surface area contributed by atoms with Crippen LogP contribution in [-0.2, 0) is 13.3 Å². The van der Waals surface area contributed by atoms with Gasteiger partial charge in [0.1, 0.15) is 0 Å². The summed E-state index contributed by atoms with van der Waals surface area (Å²) in [6, 6.07) is 0. The van der Waals surface area contributed by atoms with E-state index >= 15 is 0 Å². The van der Waals surface area contributed by atoms with Crippen LogP contribution >= 0.6 is 0 Å². The van der Waals surface area contributed by atoms with Crippen molar-refractivity contribution in [3.8, 4) is 0 Å². The summed E-state index contributed by atoms with van der Waals surface area (Å²) in [4.78, 5) is 0. The Morgan fingerprint density at radius 3 is 0.479 bits per heavy atom. The Morgan fingerprint density at radius 1 is 0.181 bits per heavy atom. The SMILES string of the molecule is CCCCCCCC(C)C(CCCCCCC)(CCCCCCC)[Si](OC(CCCCCCC)(CCCCCCC)CCCCCCC)(OC(CCCCCCC)(CCCCCCC)CCCCCCC)OC(CCCCCCC)(CCCCCCC)CCCCCCC. The molecule has 0 fully saturated rings. The van der Waals surface area contributed by atoms with Crippen LogP contribution in [0, 0.1) is 5.92 Å². The van der Waals surface area contributed by atoms with Gasteiger partial charge in [-0.25, -0.2) is 0 Å². The molecule has 0 aromatic heterocycles. The van der Waals surface area contributed by atoms with Crippen LogP contribution in [0.1, 0.15) is 552 Å². The van der Waals surface area contributed by atoms with E-state index in [1.165, 1.54) is 462 Å². The van der Waals surface area contributed by atoms with Gasteiger partial charge in [0, 0.05) is 5.04 Å². The molecule has 0 amide bonds. The Kier molecular flexibility index (Phi) is 67.6. The third-order valence-corrected chi connectivity index (χ3v) is 27.7. The third-order valence-electron chi connectivity index (χ3n) is 23.4. The molecule has 0 aliphatic carbocycles. The van der Waals surface area contributed by atoms with Crippen LogP contribution in [-0.4, -0.2) is 25.6 Å². The van der Waals surface area contributed by atoms with Crippen molar-refractivity contribution in [3.63, 3.8) is 0 Å². The monoisotopic (exact) mass is 1340 g/mol. The fraction of sp³-hybridized carbons (Fsp3) is 1.00. The van der Waals surface area contributed by atoms with Crippen LogP contribution in [0.4, 0.5) is 0 Å². The van der Waals surface area contributed by atoms with Gasteiger partial charge in [-0.1, -0.05) is 482 Å². The zero-order chi connectivity index (χ0) is 69.1. The second-order valence-electron chi connectivity index (χ2n) is 32.5. The van der Waals surface area contributed by atoms with E-state index in [1.807, 2.05) is 0 Å². The maximum atomic E-state index is 9.81. The molecule has 0 saturated carbocycles. The van der Waals surface area contributed by atoms with E-state index in [-0.39, 0.29) is 21.8 Å². The number of hydrogen-bond donors (Lipinski definition) is 0. The summed E-state index contributed by atoms with van der Waals surface area (Å²) in [7, 11) is -3.94. The number of rotatable bonds is 80. The first-order chi connectivity index (χ1) is 46.0. The maximum Gasteiger partial charge on any atom is 0.509 e. The summed E-state index contributed by atoms with van der Waals surface area (Å²) in [5.41, 5.74) is -0.757. The van der Waals surface area contributed by atoms with E-state index in [0.717, 1.165) is 0 Å². The van der Waals surface area contributed by atoms with Crippen molar-refractivity contribution in [3.05, 3.63) is 0 Å². The van der Waals surface area contributed by atoms with Crippen molar-refractivity contribution in [1.29, 1.82) is 0 Å². The fourth-order valence-electron chi connectivity index (χ4n) is 16.9. The Labute approximate surface area is 598 Å². The molecule has 0 aromatic rings. The molecule has 566 valence electrons. The van der Waals surface area contributed by atoms with Gasteiger partial charge in [-0.3, -0.25) is 0 Å². The van der Waals surface area contributed by atoms with E-state index in [4.69, 9.17) is 0 Å². The first-order valence-electron chi connectivity index (χ1n) is 45.1. The predicted molar refractivity (Wildman–Crippen MR) is 430 cm³/mol. The lowest BCUT2D eigenvalue weighted by Crippen LogP contribution is -2.68. The Bertz CT molecular complexity index is 1230. The largest absolute Gasteiger partial charge is 0.509 e. The molecule has 0 spiro atoms. The van der Waals surface area contributed by atoms with Gasteiger partial charge in [0.15, 0.2) is 0 Å². The van der Waals surface area contributed by atoms with Gasteiger partial charge in [-0.05, 0) is 76.5 Å². The summed E-state index contributed by atoms with van der Waals surface area (Å²) in [5.74, 6) is 0.474. The molecule has 1 atom stereocenters. The molecular formula is C90H184O3Si. The first kappa shape index (κ1) is 94.1. The minimum Gasteiger partial charge on any atom is -0.367 e. The smallest absolute Gasteiger partial charge is 0.367 e. The molecule has 1 unspecified atom stereocenters. The van der Waals surface area contributed by atoms with Crippen LogP contribution in [0.15, 0.2) is 0 Å². The summed E-state index contributed by atoms with van der Waals surface area (Å²) in [5, 5.41) is -0.163. The zero-order valence-electron chi connectivity index (χ0n) is 68.2. The summed E-state index contributed by atoms with van der Waals surface area (Å²) < 4.78 is 29.4.